The van der Waals surface area contributed by atoms with Gasteiger partial charge in [0.2, 0.25) is 5.91 Å². The summed E-state index contributed by atoms with van der Waals surface area (Å²) in [6.45, 7) is 2.31. The van der Waals surface area contributed by atoms with Gasteiger partial charge >= 0.3 is 0 Å². The normalized spacial score (nSPS) is 10.0. The lowest BCUT2D eigenvalue weighted by atomic mass is 10.2. The van der Waals surface area contributed by atoms with E-state index in [2.05, 4.69) is 5.43 Å². The van der Waals surface area contributed by atoms with Crippen molar-refractivity contribution in [3.05, 3.63) is 54.1 Å². The minimum Gasteiger partial charge on any atom is -0.493 e. The minimum absolute atomic E-state index is 0.220. The molecule has 5 heteroatoms. The monoisotopic (exact) mass is 286 g/mol. The summed E-state index contributed by atoms with van der Waals surface area (Å²) in [6, 6.07) is 15.1. The molecule has 0 radical (unpaired) electrons. The van der Waals surface area contributed by atoms with E-state index in [0.717, 1.165) is 11.5 Å². The first-order valence-electron chi connectivity index (χ1n) is 6.64. The molecule has 0 atom stereocenters. The van der Waals surface area contributed by atoms with E-state index in [0.29, 0.717) is 5.75 Å². The van der Waals surface area contributed by atoms with Gasteiger partial charge in [0, 0.05) is 0 Å². The Labute approximate surface area is 123 Å². The lowest BCUT2D eigenvalue weighted by Crippen LogP contribution is -2.31. The fraction of sp³-hybridized carbons (Fsp3) is 0.188. The van der Waals surface area contributed by atoms with E-state index in [1.165, 1.54) is 5.56 Å². The molecule has 0 fully saturated rings. The molecule has 110 valence electrons. The van der Waals surface area contributed by atoms with Crippen molar-refractivity contribution in [3.8, 4) is 17.2 Å². The van der Waals surface area contributed by atoms with Crippen LogP contribution in [0.2, 0.25) is 0 Å². The van der Waals surface area contributed by atoms with Crippen LogP contribution in [0.25, 0.3) is 0 Å². The molecule has 21 heavy (non-hydrogen) atoms. The second-order valence-corrected chi connectivity index (χ2v) is 4.55. The van der Waals surface area contributed by atoms with Crippen molar-refractivity contribution in [1.29, 1.82) is 0 Å². The largest absolute Gasteiger partial charge is 0.493 e. The average Bonchev–Trinajstić information content (AvgIpc) is 2.51. The third kappa shape index (κ3) is 4.81. The van der Waals surface area contributed by atoms with Crippen molar-refractivity contribution < 1.29 is 14.3 Å². The standard InChI is InChI=1S/C16H18N2O3/c1-12-2-4-14(5-3-12)21-15-8-6-13(7-9-15)20-11-10-16(19)18-17/h2-9H,10-11,17H2,1H3,(H,18,19). The number of carbonyl (C=O) groups is 1. The van der Waals surface area contributed by atoms with Gasteiger partial charge in [-0.15, -0.1) is 0 Å². The molecule has 0 aromatic heterocycles. The number of hydrazine groups is 1. The Morgan fingerprint density at radius 3 is 2.10 bits per heavy atom. The zero-order chi connectivity index (χ0) is 15.1. The van der Waals surface area contributed by atoms with E-state index >= 15 is 0 Å². The van der Waals surface area contributed by atoms with Crippen molar-refractivity contribution in [2.45, 2.75) is 13.3 Å². The lowest BCUT2D eigenvalue weighted by molar-refractivity contribution is -0.121. The second-order valence-electron chi connectivity index (χ2n) is 4.55. The number of nitrogens with one attached hydrogen (secondary N) is 1. The first-order valence-corrected chi connectivity index (χ1v) is 6.64. The summed E-state index contributed by atoms with van der Waals surface area (Å²) in [5, 5.41) is 0. The topological polar surface area (TPSA) is 73.6 Å². The number of hydrogen-bond donors (Lipinski definition) is 2. The Morgan fingerprint density at radius 2 is 1.52 bits per heavy atom. The molecule has 0 saturated carbocycles. The number of ether oxygens (including phenoxy) is 2. The first-order chi connectivity index (χ1) is 10.2. The van der Waals surface area contributed by atoms with E-state index in [4.69, 9.17) is 15.3 Å². The number of amides is 1. The van der Waals surface area contributed by atoms with Gasteiger partial charge in [-0.05, 0) is 43.3 Å². The molecule has 0 aliphatic rings. The third-order valence-electron chi connectivity index (χ3n) is 2.84. The van der Waals surface area contributed by atoms with Gasteiger partial charge in [0.15, 0.2) is 0 Å². The van der Waals surface area contributed by atoms with Crippen LogP contribution in [-0.2, 0) is 4.79 Å². The van der Waals surface area contributed by atoms with E-state index in [-0.39, 0.29) is 18.9 Å². The molecule has 5 nitrogen and oxygen atoms in total. The molecule has 2 rings (SSSR count). The van der Waals surface area contributed by atoms with Crippen LogP contribution in [0.1, 0.15) is 12.0 Å². The number of hydrogen-bond acceptors (Lipinski definition) is 4. The van der Waals surface area contributed by atoms with Gasteiger partial charge in [0.05, 0.1) is 13.0 Å². The summed E-state index contributed by atoms with van der Waals surface area (Å²) in [4.78, 5) is 10.9. The highest BCUT2D eigenvalue weighted by atomic mass is 16.5. The van der Waals surface area contributed by atoms with Crippen LogP contribution in [0.5, 0.6) is 17.2 Å². The summed E-state index contributed by atoms with van der Waals surface area (Å²) in [5.41, 5.74) is 3.24. The maximum Gasteiger partial charge on any atom is 0.237 e. The van der Waals surface area contributed by atoms with E-state index in [1.807, 2.05) is 43.3 Å². The van der Waals surface area contributed by atoms with E-state index < -0.39 is 0 Å². The average molecular weight is 286 g/mol. The predicted octanol–water partition coefficient (Wildman–Crippen LogP) is 2.55. The molecule has 2 aromatic rings. The maximum atomic E-state index is 10.9. The number of nitrogens with two attached hydrogens (primary N) is 1. The molecule has 0 aliphatic heterocycles. The van der Waals surface area contributed by atoms with Gasteiger partial charge in [-0.1, -0.05) is 17.7 Å². The molecule has 1 amide bonds. The highest BCUT2D eigenvalue weighted by Gasteiger charge is 2.01. The van der Waals surface area contributed by atoms with Gasteiger partial charge in [-0.2, -0.15) is 0 Å². The van der Waals surface area contributed by atoms with Gasteiger partial charge in [-0.3, -0.25) is 10.2 Å². The van der Waals surface area contributed by atoms with Crippen molar-refractivity contribution in [3.63, 3.8) is 0 Å². The van der Waals surface area contributed by atoms with Gasteiger partial charge in [0.1, 0.15) is 17.2 Å². The molecule has 0 bridgehead atoms. The van der Waals surface area contributed by atoms with Crippen LogP contribution in [0.15, 0.2) is 48.5 Å². The fourth-order valence-corrected chi connectivity index (χ4v) is 1.68. The smallest absolute Gasteiger partial charge is 0.237 e. The van der Waals surface area contributed by atoms with Crippen LogP contribution in [0.4, 0.5) is 0 Å². The van der Waals surface area contributed by atoms with Crippen LogP contribution in [0, 0.1) is 6.92 Å². The molecule has 3 N–H and O–H groups in total. The molecular formula is C16H18N2O3. The zero-order valence-electron chi connectivity index (χ0n) is 11.8. The van der Waals surface area contributed by atoms with Crippen molar-refractivity contribution in [2.75, 3.05) is 6.61 Å². The molecular weight excluding hydrogens is 268 g/mol. The highest BCUT2D eigenvalue weighted by molar-refractivity contribution is 5.75. The predicted molar refractivity (Wildman–Crippen MR) is 80.1 cm³/mol. The highest BCUT2D eigenvalue weighted by Crippen LogP contribution is 2.24. The van der Waals surface area contributed by atoms with E-state index in [9.17, 15) is 4.79 Å². The Balaban J connectivity index is 1.86. The molecule has 0 heterocycles. The maximum absolute atomic E-state index is 10.9. The van der Waals surface area contributed by atoms with Crippen molar-refractivity contribution >= 4 is 5.91 Å². The van der Waals surface area contributed by atoms with Crippen LogP contribution in [0.3, 0.4) is 0 Å². The number of carbonyl (C=O) groups excluding carboxylic acids is 1. The van der Waals surface area contributed by atoms with Gasteiger partial charge in [-0.25, -0.2) is 5.84 Å². The Morgan fingerprint density at radius 1 is 1.00 bits per heavy atom. The minimum atomic E-state index is -0.255. The molecule has 0 saturated heterocycles. The molecule has 0 unspecified atom stereocenters. The Bertz CT molecular complexity index is 579. The summed E-state index contributed by atoms with van der Waals surface area (Å²) in [5.74, 6) is 6.92. The number of aryl methyl sites for hydroxylation is 1. The van der Waals surface area contributed by atoms with Gasteiger partial charge in [0.25, 0.3) is 0 Å². The SMILES string of the molecule is Cc1ccc(Oc2ccc(OCCC(=O)NN)cc2)cc1. The molecule has 0 aliphatic carbocycles. The zero-order valence-corrected chi connectivity index (χ0v) is 11.8. The summed E-state index contributed by atoms with van der Waals surface area (Å²) in [7, 11) is 0. The third-order valence-corrected chi connectivity index (χ3v) is 2.84. The van der Waals surface area contributed by atoms with Gasteiger partial charge < -0.3 is 9.47 Å². The molecule has 2 aromatic carbocycles. The van der Waals surface area contributed by atoms with Crippen molar-refractivity contribution in [2.24, 2.45) is 5.84 Å². The number of benzene rings is 2. The second kappa shape index (κ2) is 7.31. The molecule has 0 spiro atoms. The van der Waals surface area contributed by atoms with Crippen LogP contribution < -0.4 is 20.7 Å². The summed E-state index contributed by atoms with van der Waals surface area (Å²) >= 11 is 0. The lowest BCUT2D eigenvalue weighted by Gasteiger charge is -2.08. The summed E-state index contributed by atoms with van der Waals surface area (Å²) in [6.07, 6.45) is 0.220. The Kier molecular flexibility index (Phi) is 5.17. The fourth-order valence-electron chi connectivity index (χ4n) is 1.68. The van der Waals surface area contributed by atoms with E-state index in [1.54, 1.807) is 12.1 Å². The van der Waals surface area contributed by atoms with Crippen molar-refractivity contribution in [1.82, 2.24) is 5.43 Å². The van der Waals surface area contributed by atoms with Crippen LogP contribution in [-0.4, -0.2) is 12.5 Å². The van der Waals surface area contributed by atoms with Crippen LogP contribution >= 0.6 is 0 Å². The first kappa shape index (κ1) is 14.9. The summed E-state index contributed by atoms with van der Waals surface area (Å²) < 4.78 is 11.1. The quantitative estimate of drug-likeness (QED) is 0.486. The Hall–Kier alpha value is -2.53. The number of rotatable bonds is 6.